The molecule has 94 valence electrons. The number of carbonyl (C=O) groups excluding carboxylic acids is 1. The van der Waals surface area contributed by atoms with E-state index in [1.807, 2.05) is 0 Å². The van der Waals surface area contributed by atoms with Gasteiger partial charge in [0.1, 0.15) is 4.83 Å². The van der Waals surface area contributed by atoms with Crippen LogP contribution in [0.4, 0.5) is 0 Å². The Labute approximate surface area is 111 Å². The fraction of sp³-hybridized carbons (Fsp3) is 0.462. The number of benzene rings is 1. The van der Waals surface area contributed by atoms with Gasteiger partial charge in [-0.1, -0.05) is 45.8 Å². The Kier molecular flexibility index (Phi) is 5.65. The van der Waals surface area contributed by atoms with Crippen molar-refractivity contribution in [3.05, 3.63) is 35.4 Å². The van der Waals surface area contributed by atoms with Crippen LogP contribution in [0.25, 0.3) is 0 Å². The summed E-state index contributed by atoms with van der Waals surface area (Å²) >= 11 is 3.28. The largest absolute Gasteiger partial charge is 0.468 e. The van der Waals surface area contributed by atoms with E-state index in [1.165, 1.54) is 18.2 Å². The van der Waals surface area contributed by atoms with Gasteiger partial charge in [0.15, 0.2) is 0 Å². The first-order chi connectivity index (χ1) is 8.04. The molecule has 17 heavy (non-hydrogen) atoms. The van der Waals surface area contributed by atoms with Crippen molar-refractivity contribution < 1.29 is 9.53 Å². The summed E-state index contributed by atoms with van der Waals surface area (Å²) in [6.07, 6.45) is 0. The number of aryl methyl sites for hydroxylation is 1. The van der Waals surface area contributed by atoms with Crippen molar-refractivity contribution in [3.63, 3.8) is 0 Å². The smallest absolute Gasteiger partial charge is 0.320 e. The average molecular weight is 300 g/mol. The molecule has 0 aliphatic heterocycles. The molecule has 0 saturated heterocycles. The van der Waals surface area contributed by atoms with E-state index in [4.69, 9.17) is 0 Å². The van der Waals surface area contributed by atoms with Crippen molar-refractivity contribution in [3.8, 4) is 0 Å². The molecule has 0 saturated carbocycles. The predicted molar refractivity (Wildman–Crippen MR) is 72.3 cm³/mol. The van der Waals surface area contributed by atoms with Gasteiger partial charge in [-0.3, -0.25) is 4.79 Å². The molecular weight excluding hydrogens is 282 g/mol. The first-order valence-electron chi connectivity index (χ1n) is 5.56. The van der Waals surface area contributed by atoms with Crippen LogP contribution < -0.4 is 5.32 Å². The fourth-order valence-electron chi connectivity index (χ4n) is 1.46. The Hall–Kier alpha value is -0.870. The van der Waals surface area contributed by atoms with E-state index in [2.05, 4.69) is 64.1 Å². The molecule has 1 unspecified atom stereocenters. The zero-order chi connectivity index (χ0) is 12.8. The highest BCUT2D eigenvalue weighted by atomic mass is 79.9. The molecule has 0 aliphatic carbocycles. The molecule has 4 heteroatoms. The number of alkyl halides is 1. The van der Waals surface area contributed by atoms with E-state index in [9.17, 15) is 4.79 Å². The number of esters is 1. The van der Waals surface area contributed by atoms with Gasteiger partial charge >= 0.3 is 5.97 Å². The molecule has 0 amide bonds. The van der Waals surface area contributed by atoms with Crippen LogP contribution in [-0.2, 0) is 9.53 Å². The van der Waals surface area contributed by atoms with Crippen molar-refractivity contribution in [2.24, 2.45) is 0 Å². The second kappa shape index (κ2) is 6.77. The minimum atomic E-state index is -0.305. The molecule has 1 rings (SSSR count). The number of hydrogen-bond acceptors (Lipinski definition) is 3. The van der Waals surface area contributed by atoms with Crippen LogP contribution in [0, 0.1) is 6.92 Å². The molecule has 0 radical (unpaired) electrons. The monoisotopic (exact) mass is 299 g/mol. The third-order valence-corrected chi connectivity index (χ3v) is 3.34. The minimum absolute atomic E-state index is 0.209. The summed E-state index contributed by atoms with van der Waals surface area (Å²) in [5.74, 6) is -0.256. The predicted octanol–water partition coefficient (Wildman–Crippen LogP) is 2.58. The van der Waals surface area contributed by atoms with Gasteiger partial charge in [0.2, 0.25) is 0 Å². The maximum absolute atomic E-state index is 11.2. The van der Waals surface area contributed by atoms with Crippen LogP contribution in [0.2, 0.25) is 0 Å². The summed E-state index contributed by atoms with van der Waals surface area (Å²) in [5.41, 5.74) is 2.45. The van der Waals surface area contributed by atoms with Gasteiger partial charge in [0.05, 0.1) is 7.11 Å². The third kappa shape index (κ3) is 4.48. The summed E-state index contributed by atoms with van der Waals surface area (Å²) in [5, 5.41) is 3.29. The molecule has 1 N–H and O–H groups in total. The van der Waals surface area contributed by atoms with E-state index >= 15 is 0 Å². The summed E-state index contributed by atoms with van der Waals surface area (Å²) in [6.45, 7) is 4.68. The Bertz CT molecular complexity index is 364. The summed E-state index contributed by atoms with van der Waals surface area (Å²) in [4.78, 5) is 10.9. The molecular formula is C13H18BrNO2. The van der Waals surface area contributed by atoms with Crippen LogP contribution in [-0.4, -0.2) is 24.5 Å². The second-order valence-electron chi connectivity index (χ2n) is 4.03. The molecule has 0 aromatic heterocycles. The van der Waals surface area contributed by atoms with E-state index < -0.39 is 0 Å². The maximum Gasteiger partial charge on any atom is 0.320 e. The van der Waals surface area contributed by atoms with Crippen LogP contribution >= 0.6 is 15.9 Å². The van der Waals surface area contributed by atoms with Gasteiger partial charge in [-0.05, 0) is 19.4 Å². The van der Waals surface area contributed by atoms with E-state index in [-0.39, 0.29) is 16.8 Å². The van der Waals surface area contributed by atoms with Crippen LogP contribution in [0.15, 0.2) is 24.3 Å². The Morgan fingerprint density at radius 1 is 1.41 bits per heavy atom. The average Bonchev–Trinajstić information content (AvgIpc) is 2.35. The Balaban J connectivity index is 2.47. The highest BCUT2D eigenvalue weighted by molar-refractivity contribution is 9.10. The topological polar surface area (TPSA) is 38.3 Å². The van der Waals surface area contributed by atoms with Crippen LogP contribution in [0.1, 0.15) is 24.1 Å². The number of halogens is 1. The molecule has 0 aliphatic rings. The first-order valence-corrected chi connectivity index (χ1v) is 6.48. The molecule has 0 spiro atoms. The van der Waals surface area contributed by atoms with Gasteiger partial charge in [-0.2, -0.15) is 0 Å². The lowest BCUT2D eigenvalue weighted by atomic mass is 10.1. The third-order valence-electron chi connectivity index (χ3n) is 2.64. The number of carbonyl (C=O) groups is 1. The zero-order valence-electron chi connectivity index (χ0n) is 10.4. The number of methoxy groups -OCH3 is 1. The van der Waals surface area contributed by atoms with Gasteiger partial charge in [-0.25, -0.2) is 0 Å². The van der Waals surface area contributed by atoms with E-state index in [0.29, 0.717) is 6.54 Å². The van der Waals surface area contributed by atoms with Crippen molar-refractivity contribution in [1.82, 2.24) is 5.32 Å². The van der Waals surface area contributed by atoms with Gasteiger partial charge in [0, 0.05) is 12.6 Å². The normalized spacial score (nSPS) is 14.1. The SMILES string of the molecule is COC(=O)C(Br)CN[C@H](C)c1ccc(C)cc1. The second-order valence-corrected chi connectivity index (χ2v) is 5.14. The first kappa shape index (κ1) is 14.2. The van der Waals surface area contributed by atoms with Crippen molar-refractivity contribution >= 4 is 21.9 Å². The summed E-state index contributed by atoms with van der Waals surface area (Å²) in [7, 11) is 1.39. The molecule has 0 heterocycles. The molecule has 1 aromatic rings. The zero-order valence-corrected chi connectivity index (χ0v) is 12.0. The van der Waals surface area contributed by atoms with Crippen LogP contribution in [0.3, 0.4) is 0 Å². The standard InChI is InChI=1S/C13H18BrNO2/c1-9-4-6-11(7-5-9)10(2)15-8-12(14)13(16)17-3/h4-7,10,12,15H,8H2,1-3H3/t10-,12?/m1/s1. The summed E-state index contributed by atoms with van der Waals surface area (Å²) < 4.78 is 4.64. The lowest BCUT2D eigenvalue weighted by Gasteiger charge is -2.16. The number of hydrogen-bond donors (Lipinski definition) is 1. The maximum atomic E-state index is 11.2. The molecule has 3 nitrogen and oxygen atoms in total. The van der Waals surface area contributed by atoms with E-state index in [1.54, 1.807) is 0 Å². The number of ether oxygens (including phenoxy) is 1. The van der Waals surface area contributed by atoms with E-state index in [0.717, 1.165) is 0 Å². The van der Waals surface area contributed by atoms with Crippen LogP contribution in [0.5, 0.6) is 0 Å². The number of rotatable bonds is 5. The Morgan fingerprint density at radius 3 is 2.53 bits per heavy atom. The lowest BCUT2D eigenvalue weighted by Crippen LogP contribution is -2.31. The number of nitrogens with one attached hydrogen (secondary N) is 1. The van der Waals surface area contributed by atoms with Crippen molar-refractivity contribution in [2.75, 3.05) is 13.7 Å². The van der Waals surface area contributed by atoms with Gasteiger partial charge in [-0.15, -0.1) is 0 Å². The Morgan fingerprint density at radius 2 is 2.00 bits per heavy atom. The molecule has 1 aromatic carbocycles. The van der Waals surface area contributed by atoms with Crippen molar-refractivity contribution in [2.45, 2.75) is 24.7 Å². The molecule has 0 bridgehead atoms. The highest BCUT2D eigenvalue weighted by Gasteiger charge is 2.16. The van der Waals surface area contributed by atoms with Crippen molar-refractivity contribution in [1.29, 1.82) is 0 Å². The highest BCUT2D eigenvalue weighted by Crippen LogP contribution is 2.13. The van der Waals surface area contributed by atoms with Gasteiger partial charge < -0.3 is 10.1 Å². The quantitative estimate of drug-likeness (QED) is 0.671. The molecule has 2 atom stereocenters. The van der Waals surface area contributed by atoms with Gasteiger partial charge in [0.25, 0.3) is 0 Å². The lowest BCUT2D eigenvalue weighted by molar-refractivity contribution is -0.139. The summed E-state index contributed by atoms with van der Waals surface area (Å²) in [6, 6.07) is 8.56. The molecule has 0 fully saturated rings. The minimum Gasteiger partial charge on any atom is -0.468 e. The fourth-order valence-corrected chi connectivity index (χ4v) is 1.84.